The van der Waals surface area contributed by atoms with Crippen LogP contribution in [-0.2, 0) is 4.79 Å². The van der Waals surface area contributed by atoms with Crippen LogP contribution in [0.3, 0.4) is 0 Å². The fourth-order valence-corrected chi connectivity index (χ4v) is 2.11. The Hall–Kier alpha value is -2.69. The van der Waals surface area contributed by atoms with Crippen LogP contribution in [0.2, 0.25) is 0 Å². The molecule has 1 atom stereocenters. The van der Waals surface area contributed by atoms with Crippen LogP contribution in [0, 0.1) is 0 Å². The Kier molecular flexibility index (Phi) is 6.95. The third-order valence-corrected chi connectivity index (χ3v) is 3.41. The predicted octanol–water partition coefficient (Wildman–Crippen LogP) is 3.05. The SMILES string of the molecule is CCC(Oc1ccc(OC)cc1)C(=O)NCCOc1ccccc1. The summed E-state index contributed by atoms with van der Waals surface area (Å²) < 4.78 is 16.4. The summed E-state index contributed by atoms with van der Waals surface area (Å²) in [6, 6.07) is 16.7. The van der Waals surface area contributed by atoms with E-state index in [1.54, 1.807) is 31.4 Å². The molecule has 0 aliphatic heterocycles. The van der Waals surface area contributed by atoms with Gasteiger partial charge in [-0.15, -0.1) is 0 Å². The van der Waals surface area contributed by atoms with Crippen molar-refractivity contribution in [3.05, 3.63) is 54.6 Å². The topological polar surface area (TPSA) is 56.8 Å². The van der Waals surface area contributed by atoms with Crippen LogP contribution in [0.4, 0.5) is 0 Å². The normalized spacial score (nSPS) is 11.4. The number of rotatable bonds is 9. The van der Waals surface area contributed by atoms with E-state index in [1.807, 2.05) is 37.3 Å². The maximum atomic E-state index is 12.2. The van der Waals surface area contributed by atoms with E-state index in [2.05, 4.69) is 5.32 Å². The number of ether oxygens (including phenoxy) is 3. The third kappa shape index (κ3) is 5.50. The Morgan fingerprint density at radius 2 is 1.67 bits per heavy atom. The first kappa shape index (κ1) is 17.7. The molecule has 0 heterocycles. The van der Waals surface area contributed by atoms with Crippen molar-refractivity contribution in [2.24, 2.45) is 0 Å². The van der Waals surface area contributed by atoms with Gasteiger partial charge in [0.05, 0.1) is 13.7 Å². The molecule has 0 aliphatic carbocycles. The minimum absolute atomic E-state index is 0.148. The average molecular weight is 329 g/mol. The summed E-state index contributed by atoms with van der Waals surface area (Å²) in [5.74, 6) is 2.02. The Balaban J connectivity index is 1.76. The molecule has 5 nitrogen and oxygen atoms in total. The number of carbonyl (C=O) groups excluding carboxylic acids is 1. The van der Waals surface area contributed by atoms with Crippen LogP contribution in [0.25, 0.3) is 0 Å². The fourth-order valence-electron chi connectivity index (χ4n) is 2.11. The van der Waals surface area contributed by atoms with Crippen molar-refractivity contribution in [2.75, 3.05) is 20.3 Å². The van der Waals surface area contributed by atoms with E-state index >= 15 is 0 Å². The zero-order chi connectivity index (χ0) is 17.2. The molecule has 24 heavy (non-hydrogen) atoms. The molecule has 0 bridgehead atoms. The molecule has 5 heteroatoms. The molecule has 0 spiro atoms. The summed E-state index contributed by atoms with van der Waals surface area (Å²) in [5.41, 5.74) is 0. The number of carbonyl (C=O) groups is 1. The van der Waals surface area contributed by atoms with E-state index in [1.165, 1.54) is 0 Å². The Morgan fingerprint density at radius 3 is 2.29 bits per heavy atom. The van der Waals surface area contributed by atoms with Crippen molar-refractivity contribution < 1.29 is 19.0 Å². The monoisotopic (exact) mass is 329 g/mol. The lowest BCUT2D eigenvalue weighted by molar-refractivity contribution is -0.128. The number of amides is 1. The molecule has 0 radical (unpaired) electrons. The number of methoxy groups -OCH3 is 1. The smallest absolute Gasteiger partial charge is 0.261 e. The lowest BCUT2D eigenvalue weighted by atomic mass is 10.2. The van der Waals surface area contributed by atoms with Gasteiger partial charge in [-0.2, -0.15) is 0 Å². The van der Waals surface area contributed by atoms with Crippen molar-refractivity contribution in [3.63, 3.8) is 0 Å². The highest BCUT2D eigenvalue weighted by atomic mass is 16.5. The molecule has 0 aliphatic rings. The van der Waals surface area contributed by atoms with Gasteiger partial charge < -0.3 is 19.5 Å². The minimum atomic E-state index is -0.532. The fraction of sp³-hybridized carbons (Fsp3) is 0.316. The highest BCUT2D eigenvalue weighted by Gasteiger charge is 2.17. The average Bonchev–Trinajstić information content (AvgIpc) is 2.64. The second kappa shape index (κ2) is 9.45. The predicted molar refractivity (Wildman–Crippen MR) is 92.6 cm³/mol. The van der Waals surface area contributed by atoms with Crippen molar-refractivity contribution in [1.29, 1.82) is 0 Å². The Labute approximate surface area is 142 Å². The van der Waals surface area contributed by atoms with Gasteiger partial charge in [-0.1, -0.05) is 25.1 Å². The molecular weight excluding hydrogens is 306 g/mol. The van der Waals surface area contributed by atoms with E-state index < -0.39 is 6.10 Å². The number of hydrogen-bond donors (Lipinski definition) is 1. The lowest BCUT2D eigenvalue weighted by Gasteiger charge is -2.17. The molecule has 128 valence electrons. The van der Waals surface area contributed by atoms with Crippen LogP contribution >= 0.6 is 0 Å². The van der Waals surface area contributed by atoms with Gasteiger partial charge in [0.15, 0.2) is 6.10 Å². The van der Waals surface area contributed by atoms with Gasteiger partial charge in [0.2, 0.25) is 0 Å². The van der Waals surface area contributed by atoms with Gasteiger partial charge in [0.25, 0.3) is 5.91 Å². The molecule has 1 amide bonds. The van der Waals surface area contributed by atoms with Gasteiger partial charge in [-0.3, -0.25) is 4.79 Å². The highest BCUT2D eigenvalue weighted by molar-refractivity contribution is 5.81. The Bertz CT molecular complexity index is 613. The van der Waals surface area contributed by atoms with Crippen LogP contribution in [0.15, 0.2) is 54.6 Å². The Morgan fingerprint density at radius 1 is 1.00 bits per heavy atom. The van der Waals surface area contributed by atoms with Gasteiger partial charge in [0, 0.05) is 0 Å². The zero-order valence-electron chi connectivity index (χ0n) is 14.0. The van der Waals surface area contributed by atoms with Crippen molar-refractivity contribution in [3.8, 4) is 17.2 Å². The van der Waals surface area contributed by atoms with E-state index in [9.17, 15) is 4.79 Å². The number of nitrogens with one attached hydrogen (secondary N) is 1. The van der Waals surface area contributed by atoms with Crippen LogP contribution in [0.1, 0.15) is 13.3 Å². The molecule has 1 unspecified atom stereocenters. The lowest BCUT2D eigenvalue weighted by Crippen LogP contribution is -2.39. The molecule has 1 N–H and O–H groups in total. The summed E-state index contributed by atoms with van der Waals surface area (Å²) >= 11 is 0. The third-order valence-electron chi connectivity index (χ3n) is 3.41. The van der Waals surface area contributed by atoms with E-state index in [0.717, 1.165) is 11.5 Å². The molecule has 0 saturated heterocycles. The molecule has 2 aromatic carbocycles. The first-order valence-electron chi connectivity index (χ1n) is 7.99. The van der Waals surface area contributed by atoms with E-state index in [0.29, 0.717) is 25.3 Å². The summed E-state index contributed by atoms with van der Waals surface area (Å²) in [6.45, 7) is 2.75. The largest absolute Gasteiger partial charge is 0.497 e. The van der Waals surface area contributed by atoms with Crippen LogP contribution in [0.5, 0.6) is 17.2 Å². The first-order valence-corrected chi connectivity index (χ1v) is 7.99. The number of para-hydroxylation sites is 1. The summed E-state index contributed by atoms with van der Waals surface area (Å²) in [5, 5.41) is 2.83. The molecular formula is C19H23NO4. The number of hydrogen-bond acceptors (Lipinski definition) is 4. The quantitative estimate of drug-likeness (QED) is 0.719. The maximum Gasteiger partial charge on any atom is 0.261 e. The van der Waals surface area contributed by atoms with E-state index in [4.69, 9.17) is 14.2 Å². The molecule has 2 aromatic rings. The van der Waals surface area contributed by atoms with E-state index in [-0.39, 0.29) is 5.91 Å². The maximum absolute atomic E-state index is 12.2. The molecule has 0 aromatic heterocycles. The molecule has 2 rings (SSSR count). The van der Waals surface area contributed by atoms with Gasteiger partial charge in [-0.05, 0) is 42.8 Å². The molecule has 0 fully saturated rings. The minimum Gasteiger partial charge on any atom is -0.497 e. The second-order valence-electron chi connectivity index (χ2n) is 5.14. The first-order chi connectivity index (χ1) is 11.7. The number of benzene rings is 2. The summed E-state index contributed by atoms with van der Waals surface area (Å²) in [7, 11) is 1.61. The van der Waals surface area contributed by atoms with Crippen molar-refractivity contribution >= 4 is 5.91 Å². The van der Waals surface area contributed by atoms with Crippen LogP contribution < -0.4 is 19.5 Å². The van der Waals surface area contributed by atoms with Crippen LogP contribution in [-0.4, -0.2) is 32.3 Å². The van der Waals surface area contributed by atoms with Gasteiger partial charge in [-0.25, -0.2) is 0 Å². The zero-order valence-corrected chi connectivity index (χ0v) is 14.0. The molecule has 0 saturated carbocycles. The highest BCUT2D eigenvalue weighted by Crippen LogP contribution is 2.19. The van der Waals surface area contributed by atoms with Gasteiger partial charge in [0.1, 0.15) is 23.9 Å². The standard InChI is InChI=1S/C19H23NO4/c1-3-18(24-17-11-9-15(22-2)10-12-17)19(21)20-13-14-23-16-7-5-4-6-8-16/h4-12,18H,3,13-14H2,1-2H3,(H,20,21). The van der Waals surface area contributed by atoms with Gasteiger partial charge >= 0.3 is 0 Å². The summed E-state index contributed by atoms with van der Waals surface area (Å²) in [4.78, 5) is 12.2. The van der Waals surface area contributed by atoms with Crippen molar-refractivity contribution in [1.82, 2.24) is 5.32 Å². The summed E-state index contributed by atoms with van der Waals surface area (Å²) in [6.07, 6.45) is 0.0485. The second-order valence-corrected chi connectivity index (χ2v) is 5.14. The van der Waals surface area contributed by atoms with Crippen molar-refractivity contribution in [2.45, 2.75) is 19.4 Å².